The second-order valence-electron chi connectivity index (χ2n) is 6.27. The number of ketones is 2. The number of carbonyl (C=O) groups is 2. The maximum atomic E-state index is 12.9. The van der Waals surface area contributed by atoms with E-state index in [0.29, 0.717) is 17.5 Å². The van der Waals surface area contributed by atoms with Gasteiger partial charge in [0.15, 0.2) is 11.6 Å². The first-order chi connectivity index (χ1) is 11.7. The summed E-state index contributed by atoms with van der Waals surface area (Å²) >= 11 is 0. The third kappa shape index (κ3) is 4.89. The highest BCUT2D eigenvalue weighted by molar-refractivity contribution is 6.02. The van der Waals surface area contributed by atoms with Crippen LogP contribution >= 0.6 is 0 Å². The van der Waals surface area contributed by atoms with E-state index in [1.807, 2.05) is 43.3 Å². The topological polar surface area (TPSA) is 34.1 Å². The van der Waals surface area contributed by atoms with Crippen LogP contribution in [0.4, 0.5) is 0 Å². The molecule has 2 aromatic rings. The fourth-order valence-electron chi connectivity index (χ4n) is 2.88. The monoisotopic (exact) mass is 322 g/mol. The van der Waals surface area contributed by atoms with Gasteiger partial charge in [0, 0.05) is 23.5 Å². The lowest BCUT2D eigenvalue weighted by Gasteiger charge is -2.14. The maximum Gasteiger partial charge on any atom is 0.166 e. The SMILES string of the molecule is CCCCC(=O)c1cccc(C(=O)C(CC)Cc2ccccc2)c1. The first-order valence-corrected chi connectivity index (χ1v) is 8.87. The van der Waals surface area contributed by atoms with Crippen LogP contribution in [-0.2, 0) is 6.42 Å². The van der Waals surface area contributed by atoms with E-state index in [0.717, 1.165) is 25.7 Å². The first-order valence-electron chi connectivity index (χ1n) is 8.87. The van der Waals surface area contributed by atoms with Crippen LogP contribution in [0.1, 0.15) is 65.8 Å². The van der Waals surface area contributed by atoms with Crippen LogP contribution in [0.25, 0.3) is 0 Å². The molecule has 0 fully saturated rings. The van der Waals surface area contributed by atoms with Gasteiger partial charge in [-0.1, -0.05) is 68.8 Å². The Hall–Kier alpha value is -2.22. The van der Waals surface area contributed by atoms with Crippen LogP contribution < -0.4 is 0 Å². The molecule has 0 aliphatic rings. The quantitative estimate of drug-likeness (QED) is 0.570. The second-order valence-corrected chi connectivity index (χ2v) is 6.27. The van der Waals surface area contributed by atoms with Gasteiger partial charge in [0.05, 0.1) is 0 Å². The lowest BCUT2D eigenvalue weighted by atomic mass is 9.88. The summed E-state index contributed by atoms with van der Waals surface area (Å²) in [6.07, 6.45) is 3.98. The molecule has 0 spiro atoms. The standard InChI is InChI=1S/C22H26O2/c1-3-5-14-21(23)19-12-9-13-20(16-19)22(24)18(4-2)15-17-10-7-6-8-11-17/h6-13,16,18H,3-5,14-15H2,1-2H3. The molecule has 0 aromatic heterocycles. The molecule has 0 bridgehead atoms. The van der Waals surface area contributed by atoms with Crippen molar-refractivity contribution >= 4 is 11.6 Å². The van der Waals surface area contributed by atoms with Gasteiger partial charge in [0.1, 0.15) is 0 Å². The lowest BCUT2D eigenvalue weighted by Crippen LogP contribution is -2.17. The summed E-state index contributed by atoms with van der Waals surface area (Å²) in [6.45, 7) is 4.12. The van der Waals surface area contributed by atoms with E-state index in [9.17, 15) is 9.59 Å². The predicted octanol–water partition coefficient (Wildman–Crippen LogP) is 5.51. The molecule has 0 N–H and O–H groups in total. The zero-order valence-corrected chi connectivity index (χ0v) is 14.6. The summed E-state index contributed by atoms with van der Waals surface area (Å²) in [4.78, 5) is 25.1. The van der Waals surface area contributed by atoms with E-state index in [1.54, 1.807) is 6.07 Å². The van der Waals surface area contributed by atoms with Gasteiger partial charge in [-0.25, -0.2) is 0 Å². The fourth-order valence-corrected chi connectivity index (χ4v) is 2.88. The Balaban J connectivity index is 2.14. The Labute approximate surface area is 144 Å². The molecule has 126 valence electrons. The van der Waals surface area contributed by atoms with Crippen molar-refractivity contribution in [3.63, 3.8) is 0 Å². The molecule has 0 saturated carbocycles. The smallest absolute Gasteiger partial charge is 0.166 e. The van der Waals surface area contributed by atoms with Crippen molar-refractivity contribution < 1.29 is 9.59 Å². The van der Waals surface area contributed by atoms with Gasteiger partial charge in [-0.15, -0.1) is 0 Å². The highest BCUT2D eigenvalue weighted by atomic mass is 16.1. The number of rotatable bonds is 9. The number of unbranched alkanes of at least 4 members (excludes halogenated alkanes) is 1. The average molecular weight is 322 g/mol. The third-order valence-electron chi connectivity index (χ3n) is 4.41. The summed E-state index contributed by atoms with van der Waals surface area (Å²) in [5.74, 6) is 0.211. The molecule has 1 atom stereocenters. The van der Waals surface area contributed by atoms with E-state index >= 15 is 0 Å². The summed E-state index contributed by atoms with van der Waals surface area (Å²) in [5.41, 5.74) is 2.48. The van der Waals surface area contributed by atoms with Crippen LogP contribution in [-0.4, -0.2) is 11.6 Å². The molecule has 2 heteroatoms. The molecule has 0 heterocycles. The predicted molar refractivity (Wildman–Crippen MR) is 98.6 cm³/mol. The largest absolute Gasteiger partial charge is 0.294 e. The molecule has 0 amide bonds. The summed E-state index contributed by atoms with van der Waals surface area (Å²) < 4.78 is 0. The van der Waals surface area contributed by atoms with Crippen LogP contribution in [0.15, 0.2) is 54.6 Å². The van der Waals surface area contributed by atoms with E-state index in [4.69, 9.17) is 0 Å². The molecule has 2 aromatic carbocycles. The average Bonchev–Trinajstić information content (AvgIpc) is 2.64. The van der Waals surface area contributed by atoms with E-state index in [2.05, 4.69) is 19.1 Å². The van der Waals surface area contributed by atoms with Gasteiger partial charge in [-0.05, 0) is 30.9 Å². The summed E-state index contributed by atoms with van der Waals surface area (Å²) in [5, 5.41) is 0. The fraction of sp³-hybridized carbons (Fsp3) is 0.364. The molecule has 2 rings (SSSR count). The number of benzene rings is 2. The van der Waals surface area contributed by atoms with Gasteiger partial charge >= 0.3 is 0 Å². The molecule has 1 unspecified atom stereocenters. The maximum absolute atomic E-state index is 12.9. The second kappa shape index (κ2) is 9.17. The number of hydrogen-bond donors (Lipinski definition) is 0. The molecular formula is C22H26O2. The van der Waals surface area contributed by atoms with Gasteiger partial charge < -0.3 is 0 Å². The van der Waals surface area contributed by atoms with E-state index in [1.165, 1.54) is 5.56 Å². The summed E-state index contributed by atoms with van der Waals surface area (Å²) in [7, 11) is 0. The first kappa shape index (κ1) is 18.1. The van der Waals surface area contributed by atoms with E-state index in [-0.39, 0.29) is 17.5 Å². The number of Topliss-reactive ketones (excluding diaryl/α,β-unsaturated/α-hetero) is 2. The van der Waals surface area contributed by atoms with Gasteiger partial charge in [-0.2, -0.15) is 0 Å². The van der Waals surface area contributed by atoms with E-state index < -0.39 is 0 Å². The Morgan fingerprint density at radius 1 is 0.917 bits per heavy atom. The molecule has 0 saturated heterocycles. The molecule has 2 nitrogen and oxygen atoms in total. The van der Waals surface area contributed by atoms with Crippen molar-refractivity contribution in [2.75, 3.05) is 0 Å². The van der Waals surface area contributed by atoms with Crippen LogP contribution in [0.3, 0.4) is 0 Å². The number of carbonyl (C=O) groups excluding carboxylic acids is 2. The van der Waals surface area contributed by atoms with Crippen molar-refractivity contribution in [3.05, 3.63) is 71.3 Å². The molecule has 0 aliphatic heterocycles. The van der Waals surface area contributed by atoms with Gasteiger partial charge in [-0.3, -0.25) is 9.59 Å². The zero-order chi connectivity index (χ0) is 17.4. The van der Waals surface area contributed by atoms with Crippen molar-refractivity contribution in [2.45, 2.75) is 46.0 Å². The number of hydrogen-bond acceptors (Lipinski definition) is 2. The molecule has 0 aliphatic carbocycles. The normalized spacial score (nSPS) is 11.9. The highest BCUT2D eigenvalue weighted by Crippen LogP contribution is 2.19. The minimum atomic E-state index is -0.0478. The van der Waals surface area contributed by atoms with Crippen molar-refractivity contribution in [1.82, 2.24) is 0 Å². The van der Waals surface area contributed by atoms with Gasteiger partial charge in [0.2, 0.25) is 0 Å². The van der Waals surface area contributed by atoms with Crippen LogP contribution in [0.5, 0.6) is 0 Å². The summed E-state index contributed by atoms with van der Waals surface area (Å²) in [6, 6.07) is 17.3. The highest BCUT2D eigenvalue weighted by Gasteiger charge is 2.19. The van der Waals surface area contributed by atoms with Gasteiger partial charge in [0.25, 0.3) is 0 Å². The van der Waals surface area contributed by atoms with Crippen LogP contribution in [0, 0.1) is 5.92 Å². The van der Waals surface area contributed by atoms with Crippen LogP contribution in [0.2, 0.25) is 0 Å². The molecular weight excluding hydrogens is 296 g/mol. The van der Waals surface area contributed by atoms with Crippen molar-refractivity contribution in [3.8, 4) is 0 Å². The third-order valence-corrected chi connectivity index (χ3v) is 4.41. The zero-order valence-electron chi connectivity index (χ0n) is 14.6. The Morgan fingerprint density at radius 2 is 1.62 bits per heavy atom. The minimum absolute atomic E-state index is 0.0478. The minimum Gasteiger partial charge on any atom is -0.294 e. The van der Waals surface area contributed by atoms with Crippen molar-refractivity contribution in [1.29, 1.82) is 0 Å². The van der Waals surface area contributed by atoms with Crippen molar-refractivity contribution in [2.24, 2.45) is 5.92 Å². The Kier molecular flexibility index (Phi) is 6.92. The Morgan fingerprint density at radius 3 is 2.29 bits per heavy atom. The molecule has 0 radical (unpaired) electrons. The lowest BCUT2D eigenvalue weighted by molar-refractivity contribution is 0.0916. The Bertz CT molecular complexity index is 673. The molecule has 24 heavy (non-hydrogen) atoms.